The first kappa shape index (κ1) is 23.0. The van der Waals surface area contributed by atoms with Gasteiger partial charge in [-0.2, -0.15) is 0 Å². The molecule has 7 heteroatoms. The Morgan fingerprint density at radius 3 is 2.88 bits per heavy atom. The number of carbonyl (C=O) groups excluding carboxylic acids is 1. The molecule has 4 aromatic rings. The molecule has 0 radical (unpaired) electrons. The van der Waals surface area contributed by atoms with E-state index in [0.29, 0.717) is 25.3 Å². The molecule has 2 N–H and O–H groups in total. The largest absolute Gasteiger partial charge is 0.483 e. The Labute approximate surface area is 197 Å². The van der Waals surface area contributed by atoms with Crippen molar-refractivity contribution in [1.82, 2.24) is 10.2 Å². The lowest BCUT2D eigenvalue weighted by Gasteiger charge is -2.19. The third kappa shape index (κ3) is 6.01. The van der Waals surface area contributed by atoms with Crippen LogP contribution >= 0.6 is 11.3 Å². The third-order valence-corrected chi connectivity index (χ3v) is 6.30. The molecule has 2 heterocycles. The second kappa shape index (κ2) is 11.1. The van der Waals surface area contributed by atoms with Crippen molar-refractivity contribution in [2.75, 3.05) is 26.8 Å². The first-order chi connectivity index (χ1) is 16.1. The quantitative estimate of drug-likeness (QED) is 0.316. The van der Waals surface area contributed by atoms with Crippen LogP contribution in [0.15, 0.2) is 70.9 Å². The monoisotopic (exact) mass is 464 g/mol. The molecule has 0 aliphatic heterocycles. The highest BCUT2D eigenvalue weighted by Gasteiger charge is 2.14. The van der Waals surface area contributed by atoms with Crippen LogP contribution in [0.25, 0.3) is 21.2 Å². The van der Waals surface area contributed by atoms with Gasteiger partial charge in [0.15, 0.2) is 6.61 Å². The maximum Gasteiger partial charge on any atom is 0.257 e. The zero-order valence-corrected chi connectivity index (χ0v) is 19.4. The van der Waals surface area contributed by atoms with Crippen LogP contribution in [0.3, 0.4) is 0 Å². The molecule has 0 aliphatic carbocycles. The summed E-state index contributed by atoms with van der Waals surface area (Å²) in [6.07, 6.45) is 3.95. The van der Waals surface area contributed by atoms with Gasteiger partial charge in [0.25, 0.3) is 5.91 Å². The van der Waals surface area contributed by atoms with Crippen LogP contribution in [0.2, 0.25) is 0 Å². The molecule has 2 aromatic carbocycles. The van der Waals surface area contributed by atoms with Crippen LogP contribution < -0.4 is 10.1 Å². The minimum atomic E-state index is -0.200. The van der Waals surface area contributed by atoms with E-state index in [1.165, 1.54) is 15.6 Å². The van der Waals surface area contributed by atoms with E-state index < -0.39 is 0 Å². The van der Waals surface area contributed by atoms with Gasteiger partial charge >= 0.3 is 0 Å². The van der Waals surface area contributed by atoms with Crippen molar-refractivity contribution >= 4 is 27.3 Å². The molecule has 0 bridgehead atoms. The number of hydrogen-bond donors (Lipinski definition) is 2. The van der Waals surface area contributed by atoms with Crippen molar-refractivity contribution in [1.29, 1.82) is 0 Å². The summed E-state index contributed by atoms with van der Waals surface area (Å²) in [7, 11) is 2.05. The van der Waals surface area contributed by atoms with Crippen LogP contribution in [0.5, 0.6) is 5.75 Å². The smallest absolute Gasteiger partial charge is 0.257 e. The number of ether oxygens (including phenoxy) is 1. The number of thiophene rings is 1. The number of aliphatic hydroxyl groups is 1. The summed E-state index contributed by atoms with van der Waals surface area (Å²) >= 11 is 1.74. The van der Waals surface area contributed by atoms with Crippen molar-refractivity contribution < 1.29 is 19.1 Å². The lowest BCUT2D eigenvalue weighted by Crippen LogP contribution is -2.30. The number of furan rings is 1. The average Bonchev–Trinajstić information content (AvgIpc) is 3.48. The second-order valence-electron chi connectivity index (χ2n) is 7.99. The van der Waals surface area contributed by atoms with Crippen molar-refractivity contribution in [3.63, 3.8) is 0 Å². The SMILES string of the molecule is CN(Cc1ccoc1)Cc1cc(-c2csc3ccccc23)ccc1OCC(=O)NCCCO. The van der Waals surface area contributed by atoms with Gasteiger partial charge in [0, 0.05) is 53.0 Å². The van der Waals surface area contributed by atoms with Gasteiger partial charge < -0.3 is 19.6 Å². The maximum absolute atomic E-state index is 12.1. The molecular formula is C26H28N2O4S. The van der Waals surface area contributed by atoms with E-state index in [-0.39, 0.29) is 19.1 Å². The predicted octanol–water partition coefficient (Wildman–Crippen LogP) is 4.67. The molecule has 4 rings (SSSR count). The van der Waals surface area contributed by atoms with Gasteiger partial charge in [-0.1, -0.05) is 24.3 Å². The summed E-state index contributed by atoms with van der Waals surface area (Å²) in [5.74, 6) is 0.490. The Morgan fingerprint density at radius 2 is 2.06 bits per heavy atom. The highest BCUT2D eigenvalue weighted by molar-refractivity contribution is 7.17. The number of aliphatic hydroxyl groups excluding tert-OH is 1. The minimum Gasteiger partial charge on any atom is -0.483 e. The topological polar surface area (TPSA) is 74.9 Å². The molecule has 0 fully saturated rings. The zero-order valence-electron chi connectivity index (χ0n) is 18.6. The number of hydrogen-bond acceptors (Lipinski definition) is 6. The summed E-state index contributed by atoms with van der Waals surface area (Å²) in [6, 6.07) is 16.5. The van der Waals surface area contributed by atoms with Crippen molar-refractivity contribution in [3.8, 4) is 16.9 Å². The summed E-state index contributed by atoms with van der Waals surface area (Å²) in [5, 5.41) is 15.1. The van der Waals surface area contributed by atoms with Crippen LogP contribution in [0, 0.1) is 0 Å². The van der Waals surface area contributed by atoms with Crippen LogP contribution in [-0.4, -0.2) is 42.7 Å². The molecule has 6 nitrogen and oxygen atoms in total. The van der Waals surface area contributed by atoms with Crippen LogP contribution in [-0.2, 0) is 17.9 Å². The fourth-order valence-electron chi connectivity index (χ4n) is 3.75. The molecular weight excluding hydrogens is 436 g/mol. The van der Waals surface area contributed by atoms with Gasteiger partial charge in [-0.15, -0.1) is 11.3 Å². The molecule has 0 saturated heterocycles. The van der Waals surface area contributed by atoms with Crippen molar-refractivity contribution in [2.45, 2.75) is 19.5 Å². The molecule has 1 amide bonds. The van der Waals surface area contributed by atoms with Crippen molar-refractivity contribution in [2.24, 2.45) is 0 Å². The number of rotatable bonds is 11. The summed E-state index contributed by atoms with van der Waals surface area (Å²) < 4.78 is 12.4. The normalized spacial score (nSPS) is 11.2. The van der Waals surface area contributed by atoms with Gasteiger partial charge in [0.2, 0.25) is 0 Å². The van der Waals surface area contributed by atoms with E-state index in [9.17, 15) is 4.79 Å². The molecule has 0 spiro atoms. The third-order valence-electron chi connectivity index (χ3n) is 5.34. The Bertz CT molecular complexity index is 1190. The highest BCUT2D eigenvalue weighted by Crippen LogP contribution is 2.36. The summed E-state index contributed by atoms with van der Waals surface area (Å²) in [6.45, 7) is 1.81. The molecule has 2 aromatic heterocycles. The fourth-order valence-corrected chi connectivity index (χ4v) is 4.72. The molecule has 33 heavy (non-hydrogen) atoms. The fraction of sp³-hybridized carbons (Fsp3) is 0.269. The summed E-state index contributed by atoms with van der Waals surface area (Å²) in [5.41, 5.74) is 4.43. The Balaban J connectivity index is 1.56. The van der Waals surface area contributed by atoms with Gasteiger partial charge in [-0.3, -0.25) is 9.69 Å². The number of carbonyl (C=O) groups is 1. The Hall–Kier alpha value is -3.13. The second-order valence-corrected chi connectivity index (χ2v) is 8.90. The predicted molar refractivity (Wildman–Crippen MR) is 131 cm³/mol. The van der Waals surface area contributed by atoms with Gasteiger partial charge in [-0.05, 0) is 48.7 Å². The molecule has 0 atom stereocenters. The van der Waals surface area contributed by atoms with Gasteiger partial charge in [0.1, 0.15) is 5.75 Å². The Kier molecular flexibility index (Phi) is 7.78. The number of amides is 1. The van der Waals surface area contributed by atoms with Crippen molar-refractivity contribution in [3.05, 3.63) is 77.6 Å². The first-order valence-corrected chi connectivity index (χ1v) is 11.8. The lowest BCUT2D eigenvalue weighted by molar-refractivity contribution is -0.123. The Morgan fingerprint density at radius 1 is 1.18 bits per heavy atom. The highest BCUT2D eigenvalue weighted by atomic mass is 32.1. The lowest BCUT2D eigenvalue weighted by atomic mass is 10.0. The maximum atomic E-state index is 12.1. The van der Waals surface area contributed by atoms with E-state index in [1.807, 2.05) is 25.2 Å². The van der Waals surface area contributed by atoms with E-state index in [4.69, 9.17) is 14.3 Å². The van der Waals surface area contributed by atoms with Crippen LogP contribution in [0.4, 0.5) is 0 Å². The summed E-state index contributed by atoms with van der Waals surface area (Å²) in [4.78, 5) is 14.3. The first-order valence-electron chi connectivity index (χ1n) is 10.9. The van der Waals surface area contributed by atoms with Gasteiger partial charge in [-0.25, -0.2) is 0 Å². The van der Waals surface area contributed by atoms with E-state index >= 15 is 0 Å². The van der Waals surface area contributed by atoms with Gasteiger partial charge in [0.05, 0.1) is 12.5 Å². The van der Waals surface area contributed by atoms with E-state index in [1.54, 1.807) is 23.9 Å². The minimum absolute atomic E-state index is 0.0486. The van der Waals surface area contributed by atoms with Crippen LogP contribution in [0.1, 0.15) is 17.5 Å². The standard InChI is InChI=1S/C26H28N2O4S/c1-28(14-19-9-12-31-16-19)15-21-13-20(23-18-33-25-6-3-2-5-22(23)25)7-8-24(21)32-17-26(30)27-10-4-11-29/h2-3,5-9,12-13,16,18,29H,4,10-11,14-15,17H2,1H3,(H,27,30). The molecule has 0 aliphatic rings. The molecule has 172 valence electrons. The average molecular weight is 465 g/mol. The number of nitrogens with zero attached hydrogens (tertiary/aromatic N) is 1. The molecule has 0 saturated carbocycles. The molecule has 0 unspecified atom stereocenters. The zero-order chi connectivity index (χ0) is 23.0. The van der Waals surface area contributed by atoms with E-state index in [0.717, 1.165) is 23.2 Å². The number of benzene rings is 2. The van der Waals surface area contributed by atoms with E-state index in [2.05, 4.69) is 45.9 Å². The number of nitrogens with one attached hydrogen (secondary N) is 1. The number of fused-ring (bicyclic) bond motifs is 1.